The van der Waals surface area contributed by atoms with Crippen molar-refractivity contribution in [3.63, 3.8) is 0 Å². The Kier molecular flexibility index (Phi) is 4.08. The molecule has 0 radical (unpaired) electrons. The summed E-state index contributed by atoms with van der Waals surface area (Å²) in [6, 6.07) is 0. The fraction of sp³-hybridized carbons (Fsp3) is 1.00. The molecule has 1 aliphatic heterocycles. The van der Waals surface area contributed by atoms with Crippen molar-refractivity contribution in [1.29, 1.82) is 0 Å². The molecule has 2 aliphatic rings. The maximum Gasteiger partial charge on any atom is 0.0362 e. The van der Waals surface area contributed by atoms with E-state index < -0.39 is 0 Å². The van der Waals surface area contributed by atoms with E-state index in [0.29, 0.717) is 11.0 Å². The zero-order chi connectivity index (χ0) is 13.4. The van der Waals surface area contributed by atoms with Crippen LogP contribution in [0, 0.1) is 17.3 Å². The SMILES string of the molecule is CCCC1CCN(C2(CN)CC(C)(C)CC2C)C1. The van der Waals surface area contributed by atoms with Gasteiger partial charge in [-0.2, -0.15) is 0 Å². The Bertz CT molecular complexity index is 287. The third kappa shape index (κ3) is 2.46. The summed E-state index contributed by atoms with van der Waals surface area (Å²) in [5, 5.41) is 0. The fourth-order valence-electron chi connectivity index (χ4n) is 4.80. The second-order valence-electron chi connectivity index (χ2n) is 7.64. The molecule has 0 spiro atoms. The van der Waals surface area contributed by atoms with Gasteiger partial charge in [0.1, 0.15) is 0 Å². The molecule has 2 heteroatoms. The summed E-state index contributed by atoms with van der Waals surface area (Å²) in [4.78, 5) is 2.76. The van der Waals surface area contributed by atoms with Gasteiger partial charge in [-0.15, -0.1) is 0 Å². The number of hydrogen-bond acceptors (Lipinski definition) is 2. The van der Waals surface area contributed by atoms with E-state index in [4.69, 9.17) is 5.73 Å². The molecule has 1 saturated carbocycles. The topological polar surface area (TPSA) is 29.3 Å². The lowest BCUT2D eigenvalue weighted by molar-refractivity contribution is 0.0793. The van der Waals surface area contributed by atoms with Gasteiger partial charge >= 0.3 is 0 Å². The molecular weight excluding hydrogens is 220 g/mol. The minimum atomic E-state index is 0.298. The molecule has 0 aromatic rings. The zero-order valence-corrected chi connectivity index (χ0v) is 12.8. The average Bonchev–Trinajstić information content (AvgIpc) is 2.82. The Balaban J connectivity index is 2.10. The molecule has 0 bridgehead atoms. The van der Waals surface area contributed by atoms with Crippen molar-refractivity contribution in [3.05, 3.63) is 0 Å². The molecule has 1 heterocycles. The van der Waals surface area contributed by atoms with Crippen molar-refractivity contribution >= 4 is 0 Å². The van der Waals surface area contributed by atoms with Gasteiger partial charge in [0.2, 0.25) is 0 Å². The minimum absolute atomic E-state index is 0.298. The maximum absolute atomic E-state index is 6.24. The van der Waals surface area contributed by atoms with E-state index in [1.807, 2.05) is 0 Å². The van der Waals surface area contributed by atoms with Crippen LogP contribution < -0.4 is 5.73 Å². The van der Waals surface area contributed by atoms with Gasteiger partial charge in [0.25, 0.3) is 0 Å². The van der Waals surface area contributed by atoms with Crippen LogP contribution in [-0.4, -0.2) is 30.1 Å². The quantitative estimate of drug-likeness (QED) is 0.832. The summed E-state index contributed by atoms with van der Waals surface area (Å²) in [6.07, 6.45) is 6.74. The first kappa shape index (κ1) is 14.3. The third-order valence-corrected chi connectivity index (χ3v) is 5.53. The Morgan fingerprint density at radius 2 is 2.06 bits per heavy atom. The van der Waals surface area contributed by atoms with Crippen molar-refractivity contribution in [3.8, 4) is 0 Å². The van der Waals surface area contributed by atoms with Crippen LogP contribution in [-0.2, 0) is 0 Å². The second kappa shape index (κ2) is 5.13. The Morgan fingerprint density at radius 1 is 1.33 bits per heavy atom. The highest BCUT2D eigenvalue weighted by molar-refractivity contribution is 5.07. The van der Waals surface area contributed by atoms with Crippen LogP contribution >= 0.6 is 0 Å². The van der Waals surface area contributed by atoms with E-state index in [-0.39, 0.29) is 0 Å². The first-order valence-electron chi connectivity index (χ1n) is 7.88. The molecule has 0 amide bonds. The molecule has 2 nitrogen and oxygen atoms in total. The Labute approximate surface area is 113 Å². The zero-order valence-electron chi connectivity index (χ0n) is 12.8. The van der Waals surface area contributed by atoms with Gasteiger partial charge in [0, 0.05) is 18.6 Å². The molecule has 3 unspecified atom stereocenters. The third-order valence-electron chi connectivity index (χ3n) is 5.53. The minimum Gasteiger partial charge on any atom is -0.329 e. The second-order valence-corrected chi connectivity index (χ2v) is 7.64. The summed E-state index contributed by atoms with van der Waals surface area (Å²) in [5.74, 6) is 1.67. The summed E-state index contributed by atoms with van der Waals surface area (Å²) in [7, 11) is 0. The molecule has 1 saturated heterocycles. The van der Waals surface area contributed by atoms with Gasteiger partial charge in [0.05, 0.1) is 0 Å². The summed E-state index contributed by atoms with van der Waals surface area (Å²) in [5.41, 5.74) is 7.01. The smallest absolute Gasteiger partial charge is 0.0362 e. The lowest BCUT2D eigenvalue weighted by Gasteiger charge is -2.42. The maximum atomic E-state index is 6.24. The molecular formula is C16H32N2. The van der Waals surface area contributed by atoms with Gasteiger partial charge in [0.15, 0.2) is 0 Å². The number of hydrogen-bond donors (Lipinski definition) is 1. The van der Waals surface area contributed by atoms with Crippen LogP contribution in [0.2, 0.25) is 0 Å². The lowest BCUT2D eigenvalue weighted by Crippen LogP contribution is -2.55. The standard InChI is InChI=1S/C16H32N2/c1-5-6-14-7-8-18(10-14)16(12-17)11-15(3,4)9-13(16)2/h13-14H,5-12,17H2,1-4H3. The van der Waals surface area contributed by atoms with Crippen LogP contribution in [0.15, 0.2) is 0 Å². The summed E-state index contributed by atoms with van der Waals surface area (Å²) >= 11 is 0. The van der Waals surface area contributed by atoms with E-state index in [1.165, 1.54) is 45.2 Å². The molecule has 0 aromatic heterocycles. The van der Waals surface area contributed by atoms with Crippen molar-refractivity contribution in [2.45, 2.75) is 65.3 Å². The fourth-order valence-corrected chi connectivity index (χ4v) is 4.80. The average molecular weight is 252 g/mol. The molecule has 2 rings (SSSR count). The predicted molar refractivity (Wildman–Crippen MR) is 78.6 cm³/mol. The van der Waals surface area contributed by atoms with Crippen LogP contribution in [0.25, 0.3) is 0 Å². The normalized spacial score (nSPS) is 40.5. The summed E-state index contributed by atoms with van der Waals surface area (Å²) in [6.45, 7) is 13.0. The Morgan fingerprint density at radius 3 is 2.56 bits per heavy atom. The van der Waals surface area contributed by atoms with Gasteiger partial charge in [-0.1, -0.05) is 34.1 Å². The molecule has 0 aromatic carbocycles. The van der Waals surface area contributed by atoms with Crippen molar-refractivity contribution in [1.82, 2.24) is 4.90 Å². The highest BCUT2D eigenvalue weighted by Crippen LogP contribution is 2.51. The van der Waals surface area contributed by atoms with E-state index in [9.17, 15) is 0 Å². The number of nitrogens with two attached hydrogens (primary N) is 1. The summed E-state index contributed by atoms with van der Waals surface area (Å²) < 4.78 is 0. The Hall–Kier alpha value is -0.0800. The van der Waals surface area contributed by atoms with Crippen LogP contribution in [0.4, 0.5) is 0 Å². The predicted octanol–water partition coefficient (Wildman–Crippen LogP) is 3.26. The van der Waals surface area contributed by atoms with Crippen molar-refractivity contribution in [2.75, 3.05) is 19.6 Å². The van der Waals surface area contributed by atoms with Crippen molar-refractivity contribution in [2.24, 2.45) is 23.0 Å². The van der Waals surface area contributed by atoms with Gasteiger partial charge in [-0.05, 0) is 49.5 Å². The molecule has 3 atom stereocenters. The molecule has 106 valence electrons. The van der Waals surface area contributed by atoms with Crippen LogP contribution in [0.5, 0.6) is 0 Å². The highest BCUT2D eigenvalue weighted by Gasteiger charge is 2.52. The molecule has 2 N–H and O–H groups in total. The van der Waals surface area contributed by atoms with Gasteiger partial charge < -0.3 is 5.73 Å². The van der Waals surface area contributed by atoms with Crippen molar-refractivity contribution < 1.29 is 0 Å². The first-order valence-corrected chi connectivity index (χ1v) is 7.88. The number of likely N-dealkylation sites (tertiary alicyclic amines) is 1. The number of rotatable bonds is 4. The van der Waals surface area contributed by atoms with E-state index in [0.717, 1.165) is 18.4 Å². The number of nitrogens with zero attached hydrogens (tertiary/aromatic N) is 1. The molecule has 1 aliphatic carbocycles. The first-order chi connectivity index (χ1) is 8.43. The monoisotopic (exact) mass is 252 g/mol. The van der Waals surface area contributed by atoms with Gasteiger partial charge in [-0.25, -0.2) is 0 Å². The molecule has 18 heavy (non-hydrogen) atoms. The molecule has 2 fully saturated rings. The van der Waals surface area contributed by atoms with Gasteiger partial charge in [-0.3, -0.25) is 4.90 Å². The van der Waals surface area contributed by atoms with Crippen LogP contribution in [0.3, 0.4) is 0 Å². The van der Waals surface area contributed by atoms with E-state index >= 15 is 0 Å². The van der Waals surface area contributed by atoms with Crippen LogP contribution in [0.1, 0.15) is 59.8 Å². The largest absolute Gasteiger partial charge is 0.329 e. The van der Waals surface area contributed by atoms with E-state index in [2.05, 4.69) is 32.6 Å². The lowest BCUT2D eigenvalue weighted by atomic mass is 9.85. The highest BCUT2D eigenvalue weighted by atomic mass is 15.2. The van der Waals surface area contributed by atoms with E-state index in [1.54, 1.807) is 0 Å².